The molecule has 0 saturated carbocycles. The molecule has 0 aromatic carbocycles. The van der Waals surface area contributed by atoms with Crippen LogP contribution in [-0.4, -0.2) is 21.2 Å². The molecular formula is C9H13NO2. The van der Waals surface area contributed by atoms with Gasteiger partial charge >= 0.3 is 0 Å². The number of nitrogens with zero attached hydrogens (tertiary/aromatic N) is 1. The summed E-state index contributed by atoms with van der Waals surface area (Å²) >= 11 is 0. The maximum Gasteiger partial charge on any atom is 0.233 e. The number of carbonyl (C=O) groups is 1. The van der Waals surface area contributed by atoms with Gasteiger partial charge < -0.3 is 5.11 Å². The molecule has 1 aromatic rings. The van der Waals surface area contributed by atoms with Gasteiger partial charge in [-0.2, -0.15) is 0 Å². The molecule has 3 nitrogen and oxygen atoms in total. The van der Waals surface area contributed by atoms with E-state index in [0.29, 0.717) is 0 Å². The Kier molecular flexibility index (Phi) is 2.33. The summed E-state index contributed by atoms with van der Waals surface area (Å²) in [6.45, 7) is 3.24. The first-order valence-corrected chi connectivity index (χ1v) is 3.87. The first-order valence-electron chi connectivity index (χ1n) is 3.87. The summed E-state index contributed by atoms with van der Waals surface area (Å²) in [6.07, 6.45) is 3.49. The third-order valence-electron chi connectivity index (χ3n) is 1.48. The lowest BCUT2D eigenvalue weighted by Gasteiger charge is -2.15. The lowest BCUT2D eigenvalue weighted by atomic mass is 10.1. The van der Waals surface area contributed by atoms with Crippen molar-refractivity contribution in [2.24, 2.45) is 0 Å². The van der Waals surface area contributed by atoms with Gasteiger partial charge in [0.05, 0.1) is 12.0 Å². The predicted molar refractivity (Wildman–Crippen MR) is 46.0 cm³/mol. The third kappa shape index (κ3) is 2.51. The fourth-order valence-electron chi connectivity index (χ4n) is 0.962. The highest BCUT2D eigenvalue weighted by Gasteiger charge is 2.18. The molecule has 1 aromatic heterocycles. The Hall–Kier alpha value is -1.09. The van der Waals surface area contributed by atoms with Gasteiger partial charge in [-0.3, -0.25) is 9.36 Å². The van der Waals surface area contributed by atoms with E-state index in [-0.39, 0.29) is 12.3 Å². The van der Waals surface area contributed by atoms with Crippen molar-refractivity contribution in [3.8, 4) is 0 Å². The molecule has 0 aliphatic heterocycles. The molecule has 0 fully saturated rings. The first-order chi connectivity index (χ1) is 5.49. The van der Waals surface area contributed by atoms with Crippen LogP contribution in [0.5, 0.6) is 0 Å². The van der Waals surface area contributed by atoms with Gasteiger partial charge in [0.2, 0.25) is 5.91 Å². The van der Waals surface area contributed by atoms with Crippen molar-refractivity contribution < 1.29 is 9.90 Å². The predicted octanol–water partition coefficient (Wildman–Crippen LogP) is 1.29. The summed E-state index contributed by atoms with van der Waals surface area (Å²) in [6, 6.07) is 3.56. The lowest BCUT2D eigenvalue weighted by molar-refractivity contribution is 0.0530. The highest BCUT2D eigenvalue weighted by Crippen LogP contribution is 2.08. The highest BCUT2D eigenvalue weighted by molar-refractivity contribution is 5.79. The minimum atomic E-state index is -0.929. The van der Waals surface area contributed by atoms with Crippen molar-refractivity contribution in [1.82, 2.24) is 4.57 Å². The first kappa shape index (κ1) is 9.00. The van der Waals surface area contributed by atoms with Crippen LogP contribution >= 0.6 is 0 Å². The zero-order chi connectivity index (χ0) is 9.19. The van der Waals surface area contributed by atoms with Gasteiger partial charge in [0.25, 0.3) is 0 Å². The molecule has 0 spiro atoms. The maximum absolute atomic E-state index is 11.3. The van der Waals surface area contributed by atoms with Gasteiger partial charge in [-0.05, 0) is 26.0 Å². The molecule has 66 valence electrons. The fourth-order valence-corrected chi connectivity index (χ4v) is 0.962. The molecular weight excluding hydrogens is 154 g/mol. The average Bonchev–Trinajstić information content (AvgIpc) is 2.32. The van der Waals surface area contributed by atoms with E-state index in [1.165, 1.54) is 4.57 Å². The molecule has 0 bridgehead atoms. The molecule has 1 N–H and O–H groups in total. The average molecular weight is 167 g/mol. The van der Waals surface area contributed by atoms with Crippen LogP contribution in [-0.2, 0) is 0 Å². The van der Waals surface area contributed by atoms with Crippen molar-refractivity contribution in [1.29, 1.82) is 0 Å². The molecule has 0 aliphatic rings. The number of rotatable bonds is 2. The Morgan fingerprint density at radius 3 is 2.33 bits per heavy atom. The van der Waals surface area contributed by atoms with Crippen LogP contribution in [0.25, 0.3) is 0 Å². The molecule has 0 saturated heterocycles. The van der Waals surface area contributed by atoms with E-state index >= 15 is 0 Å². The molecule has 0 aliphatic carbocycles. The van der Waals surface area contributed by atoms with Gasteiger partial charge in [-0.25, -0.2) is 0 Å². The molecule has 0 amide bonds. The van der Waals surface area contributed by atoms with E-state index in [1.54, 1.807) is 38.4 Å². The largest absolute Gasteiger partial charge is 0.390 e. The molecule has 12 heavy (non-hydrogen) atoms. The van der Waals surface area contributed by atoms with Crippen molar-refractivity contribution in [2.45, 2.75) is 25.9 Å². The number of aliphatic hydroxyl groups is 1. The number of hydrogen-bond acceptors (Lipinski definition) is 2. The second kappa shape index (κ2) is 3.11. The number of carbonyl (C=O) groups excluding carboxylic acids is 1. The topological polar surface area (TPSA) is 42.2 Å². The zero-order valence-corrected chi connectivity index (χ0v) is 7.32. The van der Waals surface area contributed by atoms with Crippen molar-refractivity contribution >= 4 is 5.91 Å². The second-order valence-corrected chi connectivity index (χ2v) is 3.47. The Bertz CT molecular complexity index is 257. The van der Waals surface area contributed by atoms with Gasteiger partial charge in [0.1, 0.15) is 0 Å². The van der Waals surface area contributed by atoms with Crippen LogP contribution in [0.4, 0.5) is 0 Å². The van der Waals surface area contributed by atoms with E-state index in [1.807, 2.05) is 0 Å². The quantitative estimate of drug-likeness (QED) is 0.721. The molecule has 1 rings (SSSR count). The Morgan fingerprint density at radius 1 is 1.42 bits per heavy atom. The van der Waals surface area contributed by atoms with Crippen LogP contribution in [0.3, 0.4) is 0 Å². The monoisotopic (exact) mass is 167 g/mol. The zero-order valence-electron chi connectivity index (χ0n) is 7.32. The summed E-state index contributed by atoms with van der Waals surface area (Å²) in [4.78, 5) is 11.3. The number of aromatic nitrogens is 1. The van der Waals surface area contributed by atoms with E-state index in [2.05, 4.69) is 0 Å². The number of hydrogen-bond donors (Lipinski definition) is 1. The lowest BCUT2D eigenvalue weighted by Crippen LogP contribution is -2.25. The Morgan fingerprint density at radius 2 is 1.92 bits per heavy atom. The summed E-state index contributed by atoms with van der Waals surface area (Å²) < 4.78 is 1.47. The van der Waals surface area contributed by atoms with Crippen LogP contribution in [0.1, 0.15) is 25.1 Å². The highest BCUT2D eigenvalue weighted by atomic mass is 16.3. The van der Waals surface area contributed by atoms with E-state index in [9.17, 15) is 9.90 Å². The van der Waals surface area contributed by atoms with Crippen LogP contribution < -0.4 is 0 Å². The van der Waals surface area contributed by atoms with Crippen molar-refractivity contribution in [2.75, 3.05) is 0 Å². The summed E-state index contributed by atoms with van der Waals surface area (Å²) in [7, 11) is 0. The van der Waals surface area contributed by atoms with Crippen molar-refractivity contribution in [3.05, 3.63) is 24.5 Å². The molecule has 0 radical (unpaired) electrons. The fraction of sp³-hybridized carbons (Fsp3) is 0.444. The molecule has 0 atom stereocenters. The van der Waals surface area contributed by atoms with E-state index in [4.69, 9.17) is 0 Å². The normalized spacial score (nSPS) is 11.6. The molecule has 1 heterocycles. The van der Waals surface area contributed by atoms with Gasteiger partial charge in [0.15, 0.2) is 0 Å². The van der Waals surface area contributed by atoms with Gasteiger partial charge in [-0.15, -0.1) is 0 Å². The van der Waals surface area contributed by atoms with Crippen molar-refractivity contribution in [3.63, 3.8) is 0 Å². The van der Waals surface area contributed by atoms with Gasteiger partial charge in [0, 0.05) is 12.4 Å². The smallest absolute Gasteiger partial charge is 0.233 e. The summed E-state index contributed by atoms with van der Waals surface area (Å²) in [5.41, 5.74) is -0.929. The molecule has 3 heteroatoms. The Labute approximate surface area is 71.6 Å². The third-order valence-corrected chi connectivity index (χ3v) is 1.48. The molecule has 0 unspecified atom stereocenters. The van der Waals surface area contributed by atoms with Gasteiger partial charge in [-0.1, -0.05) is 0 Å². The summed E-state index contributed by atoms with van der Waals surface area (Å²) in [5, 5.41) is 9.35. The summed E-state index contributed by atoms with van der Waals surface area (Å²) in [5.74, 6) is -0.0903. The van der Waals surface area contributed by atoms with E-state index in [0.717, 1.165) is 0 Å². The van der Waals surface area contributed by atoms with E-state index < -0.39 is 5.60 Å². The Balaban J connectivity index is 2.63. The van der Waals surface area contributed by atoms with Crippen LogP contribution in [0.15, 0.2) is 24.5 Å². The van der Waals surface area contributed by atoms with Crippen LogP contribution in [0.2, 0.25) is 0 Å². The minimum absolute atomic E-state index is 0.0903. The maximum atomic E-state index is 11.3. The standard InChI is InChI=1S/C9H13NO2/c1-9(2,12)7-8(11)10-5-3-4-6-10/h3-6,12H,7H2,1-2H3. The van der Waals surface area contributed by atoms with Crippen LogP contribution in [0, 0.1) is 0 Å². The minimum Gasteiger partial charge on any atom is -0.390 e. The second-order valence-electron chi connectivity index (χ2n) is 3.47. The SMILES string of the molecule is CC(C)(O)CC(=O)n1cccc1.